The Hall–Kier alpha value is -2.37. The van der Waals surface area contributed by atoms with Gasteiger partial charge in [-0.15, -0.1) is 0 Å². The number of aliphatic hydroxyl groups is 1. The number of urea groups is 1. The fourth-order valence-electron chi connectivity index (χ4n) is 2.17. The van der Waals surface area contributed by atoms with Crippen molar-refractivity contribution in [1.29, 1.82) is 0 Å². The molecular weight excluding hydrogens is 292 g/mol. The molecule has 0 spiro atoms. The molecule has 0 bridgehead atoms. The molecule has 5 heteroatoms. The van der Waals surface area contributed by atoms with Crippen LogP contribution in [-0.4, -0.2) is 17.7 Å². The Bertz CT molecular complexity index is 599. The summed E-state index contributed by atoms with van der Waals surface area (Å²) in [5.74, 6) is 0. The fourth-order valence-corrected chi connectivity index (χ4v) is 2.17. The molecule has 2 rings (SSSR count). The Balaban J connectivity index is 1.82. The van der Waals surface area contributed by atoms with Crippen molar-refractivity contribution in [1.82, 2.24) is 10.8 Å². The summed E-state index contributed by atoms with van der Waals surface area (Å²) in [7, 11) is 0. The van der Waals surface area contributed by atoms with E-state index in [1.54, 1.807) is 0 Å². The number of amides is 2. The summed E-state index contributed by atoms with van der Waals surface area (Å²) in [5.41, 5.74) is 5.35. The lowest BCUT2D eigenvalue weighted by Crippen LogP contribution is -2.39. The van der Waals surface area contributed by atoms with Gasteiger partial charge in [0.15, 0.2) is 0 Å². The molecule has 2 aromatic rings. The van der Waals surface area contributed by atoms with Crippen LogP contribution < -0.4 is 10.8 Å². The molecule has 23 heavy (non-hydrogen) atoms. The quantitative estimate of drug-likeness (QED) is 0.688. The number of aliphatic hydroxyl groups excluding tert-OH is 1. The number of hydroxylamine groups is 1. The third-order valence-corrected chi connectivity index (χ3v) is 3.52. The molecule has 5 nitrogen and oxygen atoms in total. The first kappa shape index (κ1) is 17.0. The zero-order valence-corrected chi connectivity index (χ0v) is 13.2. The summed E-state index contributed by atoms with van der Waals surface area (Å²) in [5, 5.41) is 12.2. The lowest BCUT2D eigenvalue weighted by Gasteiger charge is -2.17. The minimum Gasteiger partial charge on any atom is -0.394 e. The molecule has 3 N–H and O–H groups in total. The van der Waals surface area contributed by atoms with Gasteiger partial charge in [0.25, 0.3) is 0 Å². The van der Waals surface area contributed by atoms with Gasteiger partial charge in [0.2, 0.25) is 0 Å². The van der Waals surface area contributed by atoms with Crippen LogP contribution in [0.4, 0.5) is 4.79 Å². The van der Waals surface area contributed by atoms with Gasteiger partial charge in [0.1, 0.15) is 0 Å². The van der Waals surface area contributed by atoms with E-state index < -0.39 is 12.1 Å². The molecule has 0 saturated carbocycles. The molecule has 2 aromatic carbocycles. The molecule has 0 aliphatic heterocycles. The lowest BCUT2D eigenvalue weighted by atomic mass is 10.0. The molecule has 122 valence electrons. The number of carbonyl (C=O) groups is 1. The van der Waals surface area contributed by atoms with Crippen LogP contribution >= 0.6 is 0 Å². The number of benzene rings is 2. The van der Waals surface area contributed by atoms with Gasteiger partial charge in [0.05, 0.1) is 19.3 Å². The summed E-state index contributed by atoms with van der Waals surface area (Å²) in [6.45, 7) is 2.18. The first-order valence-corrected chi connectivity index (χ1v) is 7.65. The normalized spacial score (nSPS) is 11.7. The second-order valence-corrected chi connectivity index (χ2v) is 5.18. The van der Waals surface area contributed by atoms with Crippen molar-refractivity contribution in [2.24, 2.45) is 0 Å². The third kappa shape index (κ3) is 5.39. The molecule has 0 radical (unpaired) electrons. The smallest absolute Gasteiger partial charge is 0.339 e. The van der Waals surface area contributed by atoms with E-state index in [-0.39, 0.29) is 13.2 Å². The van der Waals surface area contributed by atoms with Crippen molar-refractivity contribution in [3.63, 3.8) is 0 Å². The number of rotatable bonds is 7. The van der Waals surface area contributed by atoms with Gasteiger partial charge in [-0.25, -0.2) is 10.3 Å². The number of nitrogens with one attached hydrogen (secondary N) is 2. The topological polar surface area (TPSA) is 70.6 Å². The highest BCUT2D eigenvalue weighted by Gasteiger charge is 2.13. The van der Waals surface area contributed by atoms with Gasteiger partial charge in [0, 0.05) is 0 Å². The Labute approximate surface area is 136 Å². The van der Waals surface area contributed by atoms with Crippen molar-refractivity contribution < 1.29 is 14.7 Å². The first-order valence-electron chi connectivity index (χ1n) is 7.65. The van der Waals surface area contributed by atoms with Gasteiger partial charge in [-0.1, -0.05) is 61.5 Å². The molecule has 0 aromatic heterocycles. The van der Waals surface area contributed by atoms with Gasteiger partial charge in [-0.3, -0.25) is 4.84 Å². The van der Waals surface area contributed by atoms with E-state index >= 15 is 0 Å². The highest BCUT2D eigenvalue weighted by Crippen LogP contribution is 2.14. The summed E-state index contributed by atoms with van der Waals surface area (Å²) in [4.78, 5) is 17.0. The molecule has 0 heterocycles. The van der Waals surface area contributed by atoms with Gasteiger partial charge >= 0.3 is 6.03 Å². The molecule has 0 fully saturated rings. The Morgan fingerprint density at radius 3 is 2.39 bits per heavy atom. The minimum atomic E-state index is -0.487. The maximum atomic E-state index is 11.8. The van der Waals surface area contributed by atoms with Crippen LogP contribution in [0.5, 0.6) is 0 Å². The molecule has 0 aliphatic carbocycles. The van der Waals surface area contributed by atoms with Crippen LogP contribution in [0.25, 0.3) is 0 Å². The van der Waals surface area contributed by atoms with Crippen LogP contribution in [0.3, 0.4) is 0 Å². The van der Waals surface area contributed by atoms with E-state index in [2.05, 4.69) is 17.7 Å². The van der Waals surface area contributed by atoms with Crippen molar-refractivity contribution in [2.75, 3.05) is 6.61 Å². The second kappa shape index (κ2) is 8.92. The Morgan fingerprint density at radius 1 is 1.09 bits per heavy atom. The maximum absolute atomic E-state index is 11.8. The fraction of sp³-hybridized carbons (Fsp3) is 0.278. The molecule has 1 unspecified atom stereocenters. The third-order valence-electron chi connectivity index (χ3n) is 3.52. The highest BCUT2D eigenvalue weighted by molar-refractivity contribution is 5.73. The van der Waals surface area contributed by atoms with Crippen molar-refractivity contribution in [3.8, 4) is 0 Å². The highest BCUT2D eigenvalue weighted by atomic mass is 16.7. The van der Waals surface area contributed by atoms with Crippen LogP contribution in [0, 0.1) is 0 Å². The maximum Gasteiger partial charge on any atom is 0.339 e. The molecular formula is C18H22N2O3. The van der Waals surface area contributed by atoms with Gasteiger partial charge in [-0.05, 0) is 23.1 Å². The Morgan fingerprint density at radius 2 is 1.78 bits per heavy atom. The second-order valence-electron chi connectivity index (χ2n) is 5.18. The molecule has 1 atom stereocenters. The van der Waals surface area contributed by atoms with E-state index in [1.807, 2.05) is 54.6 Å². The van der Waals surface area contributed by atoms with E-state index in [0.29, 0.717) is 0 Å². The first-order chi connectivity index (χ1) is 11.2. The Kier molecular flexibility index (Phi) is 6.59. The van der Waals surface area contributed by atoms with Crippen LogP contribution in [0.2, 0.25) is 0 Å². The minimum absolute atomic E-state index is 0.183. The largest absolute Gasteiger partial charge is 0.394 e. The van der Waals surface area contributed by atoms with E-state index in [9.17, 15) is 9.90 Å². The zero-order valence-electron chi connectivity index (χ0n) is 13.2. The van der Waals surface area contributed by atoms with E-state index in [4.69, 9.17) is 4.84 Å². The van der Waals surface area contributed by atoms with Crippen LogP contribution in [0.15, 0.2) is 54.6 Å². The molecule has 0 saturated heterocycles. The van der Waals surface area contributed by atoms with Crippen molar-refractivity contribution in [3.05, 3.63) is 71.3 Å². The monoisotopic (exact) mass is 314 g/mol. The SMILES string of the molecule is CCc1ccc(C(CO)NC(=O)NOCc2ccccc2)cc1. The molecule has 2 amide bonds. The summed E-state index contributed by atoms with van der Waals surface area (Å²) in [6, 6.07) is 16.4. The average Bonchev–Trinajstić information content (AvgIpc) is 2.61. The predicted molar refractivity (Wildman–Crippen MR) is 88.5 cm³/mol. The van der Waals surface area contributed by atoms with Gasteiger partial charge in [-0.2, -0.15) is 0 Å². The number of hydrogen-bond acceptors (Lipinski definition) is 3. The van der Waals surface area contributed by atoms with Crippen LogP contribution in [-0.2, 0) is 17.9 Å². The summed E-state index contributed by atoms with van der Waals surface area (Å²) < 4.78 is 0. The zero-order chi connectivity index (χ0) is 16.5. The summed E-state index contributed by atoms with van der Waals surface area (Å²) >= 11 is 0. The number of aryl methyl sites for hydroxylation is 1. The van der Waals surface area contributed by atoms with Crippen molar-refractivity contribution >= 4 is 6.03 Å². The summed E-state index contributed by atoms with van der Waals surface area (Å²) in [6.07, 6.45) is 0.950. The van der Waals surface area contributed by atoms with Crippen molar-refractivity contribution in [2.45, 2.75) is 26.0 Å². The van der Waals surface area contributed by atoms with Crippen LogP contribution in [0.1, 0.15) is 29.7 Å². The number of hydrogen-bond donors (Lipinski definition) is 3. The van der Waals surface area contributed by atoms with Gasteiger partial charge < -0.3 is 10.4 Å². The standard InChI is InChI=1S/C18H22N2O3/c1-2-14-8-10-16(11-9-14)17(12-21)19-18(22)20-23-13-15-6-4-3-5-7-15/h3-11,17,21H,2,12-13H2,1H3,(H2,19,20,22). The number of carbonyl (C=O) groups excluding carboxylic acids is 1. The lowest BCUT2D eigenvalue weighted by molar-refractivity contribution is 0.0472. The predicted octanol–water partition coefficient (Wildman–Crippen LogP) is 2.71. The average molecular weight is 314 g/mol. The molecule has 0 aliphatic rings. The van der Waals surface area contributed by atoms with E-state index in [0.717, 1.165) is 17.5 Å². The van der Waals surface area contributed by atoms with E-state index in [1.165, 1.54) is 5.56 Å².